The number of rotatable bonds is 3. The van der Waals surface area contributed by atoms with E-state index < -0.39 is 17.6 Å². The van der Waals surface area contributed by atoms with Gasteiger partial charge in [0.05, 0.1) is 16.8 Å². The van der Waals surface area contributed by atoms with E-state index in [2.05, 4.69) is 20.5 Å². The monoisotopic (exact) mass is 316 g/mol. The molecule has 2 aromatic heterocycles. The fourth-order valence-corrected chi connectivity index (χ4v) is 2.20. The molecule has 0 aliphatic heterocycles. The smallest absolute Gasteiger partial charge is 0.296 e. The molecule has 1 amide bonds. The van der Waals surface area contributed by atoms with E-state index in [1.54, 1.807) is 0 Å². The van der Waals surface area contributed by atoms with Gasteiger partial charge in [0, 0.05) is 6.20 Å². The molecule has 0 saturated carbocycles. The van der Waals surface area contributed by atoms with Gasteiger partial charge < -0.3 is 0 Å². The first kappa shape index (κ1) is 15.4. The van der Waals surface area contributed by atoms with Crippen LogP contribution in [0.5, 0.6) is 0 Å². The molecule has 0 spiro atoms. The molecule has 2 aromatic rings. The molecule has 5 nitrogen and oxygen atoms in total. The van der Waals surface area contributed by atoms with Crippen LogP contribution in [0.15, 0.2) is 12.3 Å². The summed E-state index contributed by atoms with van der Waals surface area (Å²) < 4.78 is 37.9. The maximum absolute atomic E-state index is 12.6. The molecule has 0 aromatic carbocycles. The summed E-state index contributed by atoms with van der Waals surface area (Å²) in [6.07, 6.45) is -3.18. The van der Waals surface area contributed by atoms with Gasteiger partial charge in [0.25, 0.3) is 5.91 Å². The van der Waals surface area contributed by atoms with E-state index in [1.807, 2.05) is 6.92 Å². The second-order valence-electron chi connectivity index (χ2n) is 4.16. The first-order valence-electron chi connectivity index (χ1n) is 5.99. The van der Waals surface area contributed by atoms with Crippen molar-refractivity contribution in [2.75, 3.05) is 5.32 Å². The fourth-order valence-electron chi connectivity index (χ4n) is 1.53. The average molecular weight is 316 g/mol. The zero-order chi connectivity index (χ0) is 15.6. The third-order valence-electron chi connectivity index (χ3n) is 2.65. The highest BCUT2D eigenvalue weighted by Gasteiger charge is 2.32. The maximum atomic E-state index is 12.6. The summed E-state index contributed by atoms with van der Waals surface area (Å²) in [6.45, 7) is 3.35. The third kappa shape index (κ3) is 3.54. The Morgan fingerprint density at radius 3 is 2.67 bits per heavy atom. The van der Waals surface area contributed by atoms with Gasteiger partial charge in [-0.1, -0.05) is 18.3 Å². The molecule has 21 heavy (non-hydrogen) atoms. The first-order chi connectivity index (χ1) is 9.81. The van der Waals surface area contributed by atoms with E-state index in [0.29, 0.717) is 12.6 Å². The van der Waals surface area contributed by atoms with Crippen LogP contribution in [0.2, 0.25) is 0 Å². The lowest BCUT2D eigenvalue weighted by molar-refractivity contribution is -0.137. The van der Waals surface area contributed by atoms with E-state index in [0.717, 1.165) is 11.1 Å². The topological polar surface area (TPSA) is 67.8 Å². The van der Waals surface area contributed by atoms with E-state index in [1.165, 1.54) is 18.3 Å². The van der Waals surface area contributed by atoms with Crippen LogP contribution in [0.4, 0.5) is 18.3 Å². The lowest BCUT2D eigenvalue weighted by Gasteiger charge is -2.09. The molecule has 1 N–H and O–H groups in total. The quantitative estimate of drug-likeness (QED) is 0.945. The first-order valence-corrected chi connectivity index (χ1v) is 6.80. The number of hydrogen-bond acceptors (Lipinski definition) is 5. The number of amides is 1. The van der Waals surface area contributed by atoms with E-state index >= 15 is 0 Å². The van der Waals surface area contributed by atoms with Crippen molar-refractivity contribution in [3.05, 3.63) is 34.1 Å². The molecule has 9 heteroatoms. The number of nitrogens with one attached hydrogen (secondary N) is 1. The van der Waals surface area contributed by atoms with Gasteiger partial charge in [0.15, 0.2) is 0 Å². The van der Waals surface area contributed by atoms with Crippen molar-refractivity contribution in [1.29, 1.82) is 0 Å². The van der Waals surface area contributed by atoms with Crippen LogP contribution in [0, 0.1) is 6.92 Å². The molecule has 0 bridgehead atoms. The van der Waals surface area contributed by atoms with Crippen molar-refractivity contribution in [2.24, 2.45) is 0 Å². The minimum atomic E-state index is -4.55. The van der Waals surface area contributed by atoms with Gasteiger partial charge in [-0.15, -0.1) is 10.2 Å². The highest BCUT2D eigenvalue weighted by Crippen LogP contribution is 2.29. The van der Waals surface area contributed by atoms with E-state index in [4.69, 9.17) is 0 Å². The molecule has 0 unspecified atom stereocenters. The Hall–Kier alpha value is -2.03. The molecule has 0 radical (unpaired) electrons. The van der Waals surface area contributed by atoms with Crippen molar-refractivity contribution < 1.29 is 18.0 Å². The summed E-state index contributed by atoms with van der Waals surface area (Å²) in [5, 5.41) is 11.0. The summed E-state index contributed by atoms with van der Waals surface area (Å²) in [6, 6.07) is 0.777. The summed E-state index contributed by atoms with van der Waals surface area (Å²) in [5.41, 5.74) is -0.899. The largest absolute Gasteiger partial charge is 0.417 e. The summed E-state index contributed by atoms with van der Waals surface area (Å²) >= 11 is 1.17. The number of anilines is 1. The predicted molar refractivity (Wildman–Crippen MR) is 71.2 cm³/mol. The van der Waals surface area contributed by atoms with E-state index in [9.17, 15) is 18.0 Å². The lowest BCUT2D eigenvalue weighted by atomic mass is 10.1. The number of carbonyl (C=O) groups excluding carboxylic acids is 1. The molecule has 2 rings (SSSR count). The summed E-state index contributed by atoms with van der Waals surface area (Å²) in [5.74, 6) is -0.690. The van der Waals surface area contributed by atoms with Gasteiger partial charge in [0.1, 0.15) is 5.01 Å². The predicted octanol–water partition coefficient (Wildman–Crippen LogP) is 3.08. The number of halogens is 3. The summed E-state index contributed by atoms with van der Waals surface area (Å²) in [4.78, 5) is 15.6. The Balaban J connectivity index is 2.26. The Labute approximate surface area is 122 Å². The fraction of sp³-hybridized carbons (Fsp3) is 0.333. The Kier molecular flexibility index (Phi) is 4.21. The van der Waals surface area contributed by atoms with Crippen LogP contribution in [-0.2, 0) is 12.6 Å². The molecule has 2 heterocycles. The van der Waals surface area contributed by atoms with Crippen molar-refractivity contribution >= 4 is 22.4 Å². The van der Waals surface area contributed by atoms with Crippen LogP contribution in [0.25, 0.3) is 0 Å². The van der Waals surface area contributed by atoms with Crippen molar-refractivity contribution in [3.8, 4) is 0 Å². The zero-order valence-electron chi connectivity index (χ0n) is 11.2. The van der Waals surface area contributed by atoms with Crippen molar-refractivity contribution in [1.82, 2.24) is 15.2 Å². The third-order valence-corrected chi connectivity index (χ3v) is 3.63. The second-order valence-corrected chi connectivity index (χ2v) is 5.23. The molecular weight excluding hydrogens is 305 g/mol. The molecule has 0 aliphatic carbocycles. The Bertz CT molecular complexity index is 669. The van der Waals surface area contributed by atoms with Gasteiger partial charge in [-0.25, -0.2) is 0 Å². The van der Waals surface area contributed by atoms with Gasteiger partial charge in [-0.2, -0.15) is 13.2 Å². The van der Waals surface area contributed by atoms with Crippen LogP contribution >= 0.6 is 11.3 Å². The number of aromatic nitrogens is 3. The molecule has 0 fully saturated rings. The van der Waals surface area contributed by atoms with Crippen LogP contribution < -0.4 is 5.32 Å². The lowest BCUT2D eigenvalue weighted by Crippen LogP contribution is -2.16. The number of alkyl halides is 3. The zero-order valence-corrected chi connectivity index (χ0v) is 12.0. The minimum Gasteiger partial charge on any atom is -0.296 e. The van der Waals surface area contributed by atoms with Crippen LogP contribution in [0.3, 0.4) is 0 Å². The summed E-state index contributed by atoms with van der Waals surface area (Å²) in [7, 11) is 0. The number of hydrogen-bond donors (Lipinski definition) is 1. The number of pyridine rings is 1. The average Bonchev–Trinajstić information content (AvgIpc) is 2.85. The maximum Gasteiger partial charge on any atom is 0.417 e. The standard InChI is InChI=1S/C12H11F3N4OS/c1-3-9-18-19-11(21-9)17-10(20)8-4-7(12(13,14)15)5-16-6(8)2/h4-5H,3H2,1-2H3,(H,17,19,20). The Morgan fingerprint density at radius 1 is 1.38 bits per heavy atom. The molecule has 0 saturated heterocycles. The number of carbonyl (C=O) groups is 1. The molecule has 112 valence electrons. The van der Waals surface area contributed by atoms with Gasteiger partial charge in [-0.05, 0) is 19.4 Å². The SMILES string of the molecule is CCc1nnc(NC(=O)c2cc(C(F)(F)F)cnc2C)s1. The van der Waals surface area contributed by atoms with Gasteiger partial charge in [0.2, 0.25) is 5.13 Å². The van der Waals surface area contributed by atoms with Crippen LogP contribution in [0.1, 0.15) is 33.5 Å². The molecule has 0 aliphatic rings. The minimum absolute atomic E-state index is 0.141. The van der Waals surface area contributed by atoms with Gasteiger partial charge in [-0.3, -0.25) is 15.1 Å². The highest BCUT2D eigenvalue weighted by molar-refractivity contribution is 7.15. The molecular formula is C12H11F3N4OS. The molecule has 0 atom stereocenters. The number of aryl methyl sites for hydroxylation is 2. The van der Waals surface area contributed by atoms with E-state index in [-0.39, 0.29) is 16.4 Å². The Morgan fingerprint density at radius 2 is 2.10 bits per heavy atom. The van der Waals surface area contributed by atoms with Crippen molar-refractivity contribution in [2.45, 2.75) is 26.4 Å². The second kappa shape index (κ2) is 5.76. The van der Waals surface area contributed by atoms with Crippen molar-refractivity contribution in [3.63, 3.8) is 0 Å². The highest BCUT2D eigenvalue weighted by atomic mass is 32.1. The normalized spacial score (nSPS) is 11.5. The van der Waals surface area contributed by atoms with Gasteiger partial charge >= 0.3 is 6.18 Å². The number of nitrogens with zero attached hydrogens (tertiary/aromatic N) is 3. The van der Waals surface area contributed by atoms with Crippen LogP contribution in [-0.4, -0.2) is 21.1 Å².